The van der Waals surface area contributed by atoms with Gasteiger partial charge in [0.1, 0.15) is 0 Å². The van der Waals surface area contributed by atoms with Crippen LogP contribution in [0.4, 0.5) is 11.4 Å². The van der Waals surface area contributed by atoms with Crippen molar-refractivity contribution in [2.24, 2.45) is 5.92 Å². The highest BCUT2D eigenvalue weighted by Crippen LogP contribution is 2.60. The Labute approximate surface area is 301 Å². The predicted octanol–water partition coefficient (Wildman–Crippen LogP) is 12.7. The van der Waals surface area contributed by atoms with E-state index in [0.717, 1.165) is 11.4 Å². The maximum absolute atomic E-state index is 2.57. The van der Waals surface area contributed by atoms with Gasteiger partial charge in [0, 0.05) is 28.9 Å². The van der Waals surface area contributed by atoms with Gasteiger partial charge in [0.25, 0.3) is 0 Å². The normalized spacial score (nSPS) is 18.8. The van der Waals surface area contributed by atoms with Crippen molar-refractivity contribution in [2.75, 3.05) is 4.90 Å². The maximum atomic E-state index is 2.57. The van der Waals surface area contributed by atoms with Crippen molar-refractivity contribution < 1.29 is 0 Å². The molecule has 2 aliphatic carbocycles. The lowest BCUT2D eigenvalue weighted by Gasteiger charge is -2.41. The Kier molecular flexibility index (Phi) is 7.82. The number of rotatable bonds is 7. The minimum atomic E-state index is -0.357. The summed E-state index contributed by atoms with van der Waals surface area (Å²) in [6.45, 7) is 2.27. The first kappa shape index (κ1) is 30.8. The summed E-state index contributed by atoms with van der Waals surface area (Å²) in [6.07, 6.45) is 7.39. The molecule has 7 aromatic carbocycles. The Morgan fingerprint density at radius 3 is 1.49 bits per heavy atom. The number of fused-ring (bicyclic) bond motifs is 3. The molecule has 3 unspecified atom stereocenters. The van der Waals surface area contributed by atoms with E-state index in [9.17, 15) is 0 Å². The number of anilines is 2. The summed E-state index contributed by atoms with van der Waals surface area (Å²) in [6, 6.07) is 68.7. The van der Waals surface area contributed by atoms with Crippen LogP contribution in [0, 0.1) is 12.8 Å². The van der Waals surface area contributed by atoms with Gasteiger partial charge in [-0.1, -0.05) is 176 Å². The summed E-state index contributed by atoms with van der Waals surface area (Å²) in [5, 5.41) is 0. The van der Waals surface area contributed by atoms with Crippen molar-refractivity contribution in [3.8, 4) is 22.3 Å². The topological polar surface area (TPSA) is 3.24 Å². The third-order valence-electron chi connectivity index (χ3n) is 11.0. The van der Waals surface area contributed by atoms with Crippen LogP contribution < -0.4 is 4.90 Å². The van der Waals surface area contributed by atoms with Crippen molar-refractivity contribution in [3.63, 3.8) is 0 Å². The molecule has 0 saturated heterocycles. The Balaban J connectivity index is 1.23. The summed E-state index contributed by atoms with van der Waals surface area (Å²) in [7, 11) is 0. The molecule has 0 N–H and O–H groups in total. The molecule has 0 radical (unpaired) electrons. The third kappa shape index (κ3) is 5.25. The van der Waals surface area contributed by atoms with E-state index in [0.29, 0.717) is 0 Å². The number of hydrogen-bond acceptors (Lipinski definition) is 1. The second-order valence-corrected chi connectivity index (χ2v) is 13.7. The minimum absolute atomic E-state index is 0.160. The van der Waals surface area contributed by atoms with Crippen molar-refractivity contribution >= 4 is 11.4 Å². The molecular formula is C50H39N. The Morgan fingerprint density at radius 1 is 0.451 bits per heavy atom. The SMILES string of the molecule is Cc1ccccc1C1(c2ccccc2)c2ccccc2C2C=CC(N(c3ccc(-c4ccccc4)cc3)c3ccc(-c4ccccc4)cc3)=CC21. The summed E-state index contributed by atoms with van der Waals surface area (Å²) < 4.78 is 0. The summed E-state index contributed by atoms with van der Waals surface area (Å²) >= 11 is 0. The molecule has 0 aromatic heterocycles. The Morgan fingerprint density at radius 2 is 0.922 bits per heavy atom. The monoisotopic (exact) mass is 653 g/mol. The number of allylic oxidation sites excluding steroid dienone is 3. The fourth-order valence-corrected chi connectivity index (χ4v) is 8.69. The van der Waals surface area contributed by atoms with E-state index in [1.165, 1.54) is 55.8 Å². The van der Waals surface area contributed by atoms with Crippen LogP contribution in [0.1, 0.15) is 33.7 Å². The highest BCUT2D eigenvalue weighted by Gasteiger charge is 2.54. The molecule has 1 nitrogen and oxygen atoms in total. The Hall–Kier alpha value is -6.18. The zero-order valence-corrected chi connectivity index (χ0v) is 28.7. The molecule has 9 rings (SSSR count). The van der Waals surface area contributed by atoms with E-state index >= 15 is 0 Å². The van der Waals surface area contributed by atoms with Gasteiger partial charge in [-0.25, -0.2) is 0 Å². The van der Waals surface area contributed by atoms with Crippen LogP contribution >= 0.6 is 0 Å². The van der Waals surface area contributed by atoms with E-state index in [1.807, 2.05) is 0 Å². The molecule has 1 heteroatoms. The minimum Gasteiger partial charge on any atom is -0.311 e. The van der Waals surface area contributed by atoms with Crippen LogP contribution in [-0.2, 0) is 5.41 Å². The van der Waals surface area contributed by atoms with Crippen molar-refractivity contribution in [1.82, 2.24) is 0 Å². The van der Waals surface area contributed by atoms with Gasteiger partial charge in [0.05, 0.1) is 5.41 Å². The van der Waals surface area contributed by atoms with E-state index in [1.54, 1.807) is 0 Å². The molecular weight excluding hydrogens is 615 g/mol. The van der Waals surface area contributed by atoms with Crippen LogP contribution in [0.15, 0.2) is 212 Å². The number of benzene rings is 7. The fourth-order valence-electron chi connectivity index (χ4n) is 8.69. The fraction of sp³-hybridized carbons (Fsp3) is 0.0800. The first-order valence-electron chi connectivity index (χ1n) is 17.9. The Bertz CT molecular complexity index is 2270. The van der Waals surface area contributed by atoms with E-state index in [-0.39, 0.29) is 17.3 Å². The molecule has 51 heavy (non-hydrogen) atoms. The van der Waals surface area contributed by atoms with Gasteiger partial charge in [0.15, 0.2) is 0 Å². The summed E-state index contributed by atoms with van der Waals surface area (Å²) in [5.41, 5.74) is 14.8. The molecule has 0 fully saturated rings. The van der Waals surface area contributed by atoms with Crippen LogP contribution in [0.3, 0.4) is 0 Å². The largest absolute Gasteiger partial charge is 0.311 e. The molecule has 3 atom stereocenters. The lowest BCUT2D eigenvalue weighted by Crippen LogP contribution is -2.36. The number of aryl methyl sites for hydroxylation is 1. The van der Waals surface area contributed by atoms with Gasteiger partial charge in [-0.15, -0.1) is 0 Å². The van der Waals surface area contributed by atoms with E-state index in [2.05, 4.69) is 218 Å². The van der Waals surface area contributed by atoms with Gasteiger partial charge >= 0.3 is 0 Å². The number of hydrogen-bond donors (Lipinski definition) is 0. The first-order valence-corrected chi connectivity index (χ1v) is 17.9. The average molecular weight is 654 g/mol. The standard InChI is InChI=1S/C50H39N/c1-36-15-11-13-23-47(36)50(41-20-9-4-10-21-41)48-24-14-12-22-45(48)46-34-33-44(35-49(46)50)51(42-29-25-39(26-30-42)37-16-5-2-6-17-37)43-31-27-40(28-32-43)38-18-7-3-8-19-38/h2-35,46,49H,1H3. The molecule has 0 aliphatic heterocycles. The second kappa shape index (κ2) is 12.9. The predicted molar refractivity (Wildman–Crippen MR) is 213 cm³/mol. The van der Waals surface area contributed by atoms with Gasteiger partial charge in [-0.05, 0) is 87.3 Å². The van der Waals surface area contributed by atoms with Crippen LogP contribution in [-0.4, -0.2) is 0 Å². The third-order valence-corrected chi connectivity index (χ3v) is 11.0. The summed E-state index contributed by atoms with van der Waals surface area (Å²) in [4.78, 5) is 2.44. The van der Waals surface area contributed by atoms with Crippen LogP contribution in [0.25, 0.3) is 22.3 Å². The quantitative estimate of drug-likeness (QED) is 0.165. The molecule has 0 spiro atoms. The average Bonchev–Trinajstić information content (AvgIpc) is 3.50. The zero-order valence-electron chi connectivity index (χ0n) is 28.7. The van der Waals surface area contributed by atoms with Gasteiger partial charge < -0.3 is 4.90 Å². The molecule has 7 aromatic rings. The van der Waals surface area contributed by atoms with Crippen molar-refractivity contribution in [1.29, 1.82) is 0 Å². The van der Waals surface area contributed by atoms with E-state index in [4.69, 9.17) is 0 Å². The van der Waals surface area contributed by atoms with Crippen molar-refractivity contribution in [3.05, 3.63) is 240 Å². The molecule has 0 heterocycles. The zero-order chi connectivity index (χ0) is 34.2. The van der Waals surface area contributed by atoms with Crippen molar-refractivity contribution in [2.45, 2.75) is 18.3 Å². The van der Waals surface area contributed by atoms with Gasteiger partial charge in [0.2, 0.25) is 0 Å². The van der Waals surface area contributed by atoms with Crippen LogP contribution in [0.5, 0.6) is 0 Å². The summed E-state index contributed by atoms with van der Waals surface area (Å²) in [5.74, 6) is 0.403. The van der Waals surface area contributed by atoms with Crippen LogP contribution in [0.2, 0.25) is 0 Å². The molecule has 0 bridgehead atoms. The molecule has 244 valence electrons. The maximum Gasteiger partial charge on any atom is 0.0529 e. The van der Waals surface area contributed by atoms with Gasteiger partial charge in [-0.2, -0.15) is 0 Å². The second-order valence-electron chi connectivity index (χ2n) is 13.7. The molecule has 2 aliphatic rings. The highest BCUT2D eigenvalue weighted by molar-refractivity contribution is 5.77. The smallest absolute Gasteiger partial charge is 0.0529 e. The van der Waals surface area contributed by atoms with E-state index < -0.39 is 0 Å². The highest BCUT2D eigenvalue weighted by atomic mass is 15.1. The lowest BCUT2D eigenvalue weighted by molar-refractivity contribution is 0.452. The lowest BCUT2D eigenvalue weighted by atomic mass is 9.62. The molecule has 0 saturated carbocycles. The molecule has 0 amide bonds. The number of nitrogens with zero attached hydrogens (tertiary/aromatic N) is 1. The first-order chi connectivity index (χ1) is 25.2. The van der Waals surface area contributed by atoms with Gasteiger partial charge in [-0.3, -0.25) is 0 Å².